The van der Waals surface area contributed by atoms with E-state index in [2.05, 4.69) is 15.9 Å². The summed E-state index contributed by atoms with van der Waals surface area (Å²) in [5.74, 6) is -1.14. The normalized spacial score (nSPS) is 18.9. The Morgan fingerprint density at radius 3 is 2.80 bits per heavy atom. The highest BCUT2D eigenvalue weighted by atomic mass is 79.9. The van der Waals surface area contributed by atoms with Crippen LogP contribution < -0.4 is 5.73 Å². The van der Waals surface area contributed by atoms with Crippen molar-refractivity contribution in [2.75, 3.05) is 6.54 Å². The summed E-state index contributed by atoms with van der Waals surface area (Å²) in [7, 11) is 0. The van der Waals surface area contributed by atoms with Crippen LogP contribution in [0.4, 0.5) is 4.39 Å². The van der Waals surface area contributed by atoms with E-state index in [1.54, 1.807) is 11.0 Å². The summed E-state index contributed by atoms with van der Waals surface area (Å²) >= 11 is 3.06. The Morgan fingerprint density at radius 2 is 2.15 bits per heavy atom. The molecule has 0 radical (unpaired) electrons. The number of piperidine rings is 1. The number of carbonyl (C=O) groups excluding carboxylic acids is 2. The number of halogens is 2. The second-order valence-electron chi connectivity index (χ2n) is 4.95. The first-order valence-corrected chi connectivity index (χ1v) is 7.32. The molecule has 0 bridgehead atoms. The highest BCUT2D eigenvalue weighted by molar-refractivity contribution is 9.10. The smallest absolute Gasteiger partial charge is 0.254 e. The average molecular weight is 343 g/mol. The lowest BCUT2D eigenvalue weighted by Crippen LogP contribution is -2.45. The number of nitrogens with two attached hydrogens (primary N) is 1. The van der Waals surface area contributed by atoms with Gasteiger partial charge in [0.1, 0.15) is 5.82 Å². The van der Waals surface area contributed by atoms with E-state index in [1.165, 1.54) is 12.1 Å². The average Bonchev–Trinajstić information content (AvgIpc) is 2.41. The van der Waals surface area contributed by atoms with Gasteiger partial charge in [-0.05, 0) is 53.4 Å². The number of hydrogen-bond acceptors (Lipinski definition) is 2. The topological polar surface area (TPSA) is 63.4 Å². The highest BCUT2D eigenvalue weighted by Gasteiger charge is 2.28. The summed E-state index contributed by atoms with van der Waals surface area (Å²) in [5.41, 5.74) is 5.52. The van der Waals surface area contributed by atoms with Gasteiger partial charge in [0.15, 0.2) is 0 Å². The van der Waals surface area contributed by atoms with Crippen LogP contribution in [0.1, 0.15) is 36.0 Å². The fraction of sp³-hybridized carbons (Fsp3) is 0.429. The van der Waals surface area contributed by atoms with E-state index >= 15 is 0 Å². The lowest BCUT2D eigenvalue weighted by Gasteiger charge is -2.35. The van der Waals surface area contributed by atoms with E-state index < -0.39 is 11.7 Å². The molecule has 1 heterocycles. The van der Waals surface area contributed by atoms with Crippen LogP contribution in [-0.2, 0) is 4.79 Å². The molecule has 1 unspecified atom stereocenters. The molecule has 1 aliphatic rings. The number of hydrogen-bond donors (Lipinski definition) is 1. The van der Waals surface area contributed by atoms with Crippen LogP contribution >= 0.6 is 15.9 Å². The summed E-state index contributed by atoms with van der Waals surface area (Å²) in [6.45, 7) is 0.578. The zero-order chi connectivity index (χ0) is 14.7. The molecule has 1 aromatic carbocycles. The minimum atomic E-state index is -0.473. The molecule has 2 rings (SSSR count). The van der Waals surface area contributed by atoms with Gasteiger partial charge in [0.05, 0.1) is 4.47 Å². The predicted octanol–water partition coefficient (Wildman–Crippen LogP) is 2.46. The lowest BCUT2D eigenvalue weighted by molar-refractivity contribution is -0.119. The largest absolute Gasteiger partial charge is 0.370 e. The van der Waals surface area contributed by atoms with Crippen molar-refractivity contribution in [1.82, 2.24) is 4.90 Å². The van der Waals surface area contributed by atoms with Crippen LogP contribution in [0.25, 0.3) is 0 Å². The van der Waals surface area contributed by atoms with Gasteiger partial charge in [0, 0.05) is 24.6 Å². The van der Waals surface area contributed by atoms with Gasteiger partial charge in [-0.3, -0.25) is 9.59 Å². The van der Waals surface area contributed by atoms with Crippen LogP contribution in [-0.4, -0.2) is 29.3 Å². The third-order valence-corrected chi connectivity index (χ3v) is 4.13. The molecule has 2 N–H and O–H groups in total. The van der Waals surface area contributed by atoms with E-state index in [0.717, 1.165) is 19.3 Å². The molecule has 0 saturated carbocycles. The van der Waals surface area contributed by atoms with Crippen LogP contribution in [0.2, 0.25) is 0 Å². The first-order valence-electron chi connectivity index (χ1n) is 6.53. The Kier molecular flexibility index (Phi) is 4.75. The molecule has 6 heteroatoms. The molecular formula is C14H16BrFN2O2. The second-order valence-corrected chi connectivity index (χ2v) is 5.80. The van der Waals surface area contributed by atoms with Crippen molar-refractivity contribution in [3.05, 3.63) is 34.1 Å². The fourth-order valence-electron chi connectivity index (χ4n) is 2.51. The van der Waals surface area contributed by atoms with Crippen molar-refractivity contribution in [1.29, 1.82) is 0 Å². The minimum Gasteiger partial charge on any atom is -0.370 e. The molecule has 0 aliphatic carbocycles. The first-order chi connectivity index (χ1) is 9.49. The highest BCUT2D eigenvalue weighted by Crippen LogP contribution is 2.23. The number of likely N-dealkylation sites (tertiary alicyclic amines) is 1. The SMILES string of the molecule is NC(=O)CC1CCCCN1C(=O)c1ccc(Br)c(F)c1. The molecule has 108 valence electrons. The van der Waals surface area contributed by atoms with Crippen molar-refractivity contribution in [2.24, 2.45) is 5.73 Å². The molecule has 0 spiro atoms. The maximum Gasteiger partial charge on any atom is 0.254 e. The number of amides is 2. The van der Waals surface area contributed by atoms with Crippen LogP contribution in [0.15, 0.2) is 22.7 Å². The Balaban J connectivity index is 2.20. The summed E-state index contributed by atoms with van der Waals surface area (Å²) in [4.78, 5) is 25.2. The van der Waals surface area contributed by atoms with Gasteiger partial charge in [0.2, 0.25) is 5.91 Å². The van der Waals surface area contributed by atoms with Crippen molar-refractivity contribution < 1.29 is 14.0 Å². The monoisotopic (exact) mass is 342 g/mol. The molecule has 0 aromatic heterocycles. The van der Waals surface area contributed by atoms with Crippen LogP contribution in [0, 0.1) is 5.82 Å². The van der Waals surface area contributed by atoms with E-state index in [0.29, 0.717) is 16.6 Å². The predicted molar refractivity (Wildman–Crippen MR) is 76.6 cm³/mol. The van der Waals surface area contributed by atoms with E-state index in [1.807, 2.05) is 0 Å². The number of benzene rings is 1. The number of primary amides is 1. The third kappa shape index (κ3) is 3.36. The van der Waals surface area contributed by atoms with Crippen molar-refractivity contribution >= 4 is 27.7 Å². The maximum atomic E-state index is 13.5. The Labute approximate surface area is 125 Å². The Hall–Kier alpha value is -1.43. The molecule has 1 saturated heterocycles. The number of nitrogens with zero attached hydrogens (tertiary/aromatic N) is 1. The van der Waals surface area contributed by atoms with Gasteiger partial charge in [-0.1, -0.05) is 0 Å². The molecule has 2 amide bonds. The van der Waals surface area contributed by atoms with Gasteiger partial charge < -0.3 is 10.6 Å². The van der Waals surface area contributed by atoms with Gasteiger partial charge >= 0.3 is 0 Å². The molecule has 4 nitrogen and oxygen atoms in total. The second kappa shape index (κ2) is 6.35. The van der Waals surface area contributed by atoms with Gasteiger partial charge in [-0.15, -0.1) is 0 Å². The van der Waals surface area contributed by atoms with Crippen molar-refractivity contribution in [2.45, 2.75) is 31.7 Å². The quantitative estimate of drug-likeness (QED) is 0.916. The molecule has 1 fully saturated rings. The zero-order valence-corrected chi connectivity index (χ0v) is 12.5. The maximum absolute atomic E-state index is 13.5. The van der Waals surface area contributed by atoms with Crippen LogP contribution in [0.5, 0.6) is 0 Å². The van der Waals surface area contributed by atoms with E-state index in [-0.39, 0.29) is 18.4 Å². The number of carbonyl (C=O) groups is 2. The summed E-state index contributed by atoms with van der Waals surface area (Å²) in [5, 5.41) is 0. The van der Waals surface area contributed by atoms with Gasteiger partial charge in [-0.2, -0.15) is 0 Å². The van der Waals surface area contributed by atoms with Crippen molar-refractivity contribution in [3.8, 4) is 0 Å². The number of rotatable bonds is 3. The lowest BCUT2D eigenvalue weighted by atomic mass is 9.98. The molecule has 1 atom stereocenters. The fourth-order valence-corrected chi connectivity index (χ4v) is 2.75. The molecule has 20 heavy (non-hydrogen) atoms. The minimum absolute atomic E-state index is 0.157. The molecule has 1 aliphatic heterocycles. The Bertz CT molecular complexity index is 536. The summed E-state index contributed by atoms with van der Waals surface area (Å²) in [6.07, 6.45) is 2.77. The third-order valence-electron chi connectivity index (χ3n) is 3.49. The first kappa shape index (κ1) is 15.0. The standard InChI is InChI=1S/C14H16BrFN2O2/c15-11-5-4-9(7-12(11)16)14(20)18-6-2-1-3-10(18)8-13(17)19/h4-5,7,10H,1-3,6,8H2,(H2,17,19). The summed E-state index contributed by atoms with van der Waals surface area (Å²) in [6, 6.07) is 4.11. The Morgan fingerprint density at radius 1 is 1.40 bits per heavy atom. The van der Waals surface area contributed by atoms with E-state index in [4.69, 9.17) is 5.73 Å². The zero-order valence-electron chi connectivity index (χ0n) is 10.9. The van der Waals surface area contributed by atoms with Gasteiger partial charge in [-0.25, -0.2) is 4.39 Å². The summed E-state index contributed by atoms with van der Waals surface area (Å²) < 4.78 is 13.8. The molecule has 1 aromatic rings. The van der Waals surface area contributed by atoms with Gasteiger partial charge in [0.25, 0.3) is 5.91 Å². The molecular weight excluding hydrogens is 327 g/mol. The van der Waals surface area contributed by atoms with E-state index in [9.17, 15) is 14.0 Å². The van der Waals surface area contributed by atoms with Crippen molar-refractivity contribution in [3.63, 3.8) is 0 Å². The van der Waals surface area contributed by atoms with Crippen LogP contribution in [0.3, 0.4) is 0 Å².